The van der Waals surface area contributed by atoms with Gasteiger partial charge >= 0.3 is 0 Å². The van der Waals surface area contributed by atoms with Crippen molar-refractivity contribution in [3.05, 3.63) is 0 Å². The summed E-state index contributed by atoms with van der Waals surface area (Å²) in [5, 5.41) is 9.97. The number of carbonyl (C=O) groups is 1. The highest BCUT2D eigenvalue weighted by atomic mass is 35.5. The van der Waals surface area contributed by atoms with Gasteiger partial charge < -0.3 is 21.5 Å². The zero-order valence-corrected chi connectivity index (χ0v) is 15.4. The molecule has 2 fully saturated rings. The van der Waals surface area contributed by atoms with Crippen molar-refractivity contribution in [3.8, 4) is 0 Å². The molecule has 134 valence electrons. The zero-order chi connectivity index (χ0) is 17.4. The topological polar surface area (TPSA) is 92.6 Å². The number of rotatable bonds is 3. The summed E-state index contributed by atoms with van der Waals surface area (Å²) in [4.78, 5) is 14.0. The van der Waals surface area contributed by atoms with Crippen molar-refractivity contribution in [2.75, 3.05) is 13.1 Å². The van der Waals surface area contributed by atoms with Crippen LogP contribution in [0.3, 0.4) is 0 Å². The second-order valence-electron chi connectivity index (χ2n) is 7.66. The first-order valence-electron chi connectivity index (χ1n) is 8.41. The van der Waals surface area contributed by atoms with Crippen LogP contribution in [0.15, 0.2) is 0 Å². The number of alkyl halides is 2. The van der Waals surface area contributed by atoms with Crippen LogP contribution >= 0.6 is 23.2 Å². The molecule has 5 N–H and O–H groups in total. The summed E-state index contributed by atoms with van der Waals surface area (Å²) in [6.45, 7) is 4.80. The van der Waals surface area contributed by atoms with Gasteiger partial charge in [-0.1, -0.05) is 0 Å². The van der Waals surface area contributed by atoms with Crippen LogP contribution in [0.2, 0.25) is 0 Å². The van der Waals surface area contributed by atoms with Crippen molar-refractivity contribution in [1.29, 1.82) is 0 Å². The van der Waals surface area contributed by atoms with Gasteiger partial charge in [0.15, 0.2) is 0 Å². The van der Waals surface area contributed by atoms with E-state index in [0.29, 0.717) is 25.9 Å². The number of aliphatic hydroxyl groups excluding tert-OH is 1. The number of nitrogens with zero attached hydrogens (tertiary/aromatic N) is 1. The molecule has 2 rings (SSSR count). The average Bonchev–Trinajstić information content (AvgIpc) is 2.49. The number of aliphatic hydroxyl groups is 1. The molecule has 1 aliphatic carbocycles. The van der Waals surface area contributed by atoms with Crippen LogP contribution in [0, 0.1) is 11.8 Å². The summed E-state index contributed by atoms with van der Waals surface area (Å²) in [6.07, 6.45) is 2.32. The molecule has 0 aromatic rings. The molecular formula is C16H29Cl2N3O2. The molecule has 0 radical (unpaired) electrons. The van der Waals surface area contributed by atoms with Crippen molar-refractivity contribution >= 4 is 29.1 Å². The quantitative estimate of drug-likeness (QED) is 0.656. The molecule has 1 saturated heterocycles. The monoisotopic (exact) mass is 365 g/mol. The lowest BCUT2D eigenvalue weighted by Gasteiger charge is -2.43. The Morgan fingerprint density at radius 1 is 1.22 bits per heavy atom. The van der Waals surface area contributed by atoms with Crippen molar-refractivity contribution in [2.45, 2.75) is 68.0 Å². The molecule has 0 bridgehead atoms. The smallest absolute Gasteiger partial charge is 0.242 e. The maximum Gasteiger partial charge on any atom is 0.242 e. The van der Waals surface area contributed by atoms with Crippen molar-refractivity contribution in [1.82, 2.24) is 4.90 Å². The van der Waals surface area contributed by atoms with Crippen LogP contribution in [0.5, 0.6) is 0 Å². The summed E-state index contributed by atoms with van der Waals surface area (Å²) in [5.74, 6) is 0.244. The largest absolute Gasteiger partial charge is 0.393 e. The Balaban J connectivity index is 1.91. The van der Waals surface area contributed by atoms with Crippen LogP contribution in [0.1, 0.15) is 39.5 Å². The highest BCUT2D eigenvalue weighted by molar-refractivity contribution is 6.30. The molecule has 0 aromatic carbocycles. The SMILES string of the molecule is CC(C)(N)C(=O)N1CCC([C@@H](N)C2CC(Cl)C(Cl)CC2O)CC1. The van der Waals surface area contributed by atoms with E-state index in [1.807, 2.05) is 4.90 Å². The number of hydrogen-bond acceptors (Lipinski definition) is 4. The Morgan fingerprint density at radius 2 is 1.74 bits per heavy atom. The molecule has 7 heteroatoms. The number of amides is 1. The van der Waals surface area contributed by atoms with E-state index in [1.165, 1.54) is 0 Å². The van der Waals surface area contributed by atoms with Gasteiger partial charge in [-0.25, -0.2) is 0 Å². The lowest BCUT2D eigenvalue weighted by molar-refractivity contribution is -0.137. The minimum atomic E-state index is -0.838. The fourth-order valence-electron chi connectivity index (χ4n) is 3.78. The molecule has 5 nitrogen and oxygen atoms in total. The van der Waals surface area contributed by atoms with Gasteiger partial charge in [-0.3, -0.25) is 4.79 Å². The zero-order valence-electron chi connectivity index (χ0n) is 13.9. The Hall–Kier alpha value is -0.0700. The lowest BCUT2D eigenvalue weighted by atomic mass is 9.74. The minimum Gasteiger partial charge on any atom is -0.393 e. The molecule has 1 aliphatic heterocycles. The number of likely N-dealkylation sites (tertiary alicyclic amines) is 1. The van der Waals surface area contributed by atoms with E-state index in [0.717, 1.165) is 12.8 Å². The van der Waals surface area contributed by atoms with Gasteiger partial charge in [0.05, 0.1) is 22.4 Å². The normalized spacial score (nSPS) is 35.2. The fraction of sp³-hybridized carbons (Fsp3) is 0.938. The van der Waals surface area contributed by atoms with Crippen LogP contribution < -0.4 is 11.5 Å². The Bertz CT molecular complexity index is 422. The number of halogens is 2. The summed E-state index contributed by atoms with van der Waals surface area (Å²) in [7, 11) is 0. The number of piperidine rings is 1. The minimum absolute atomic E-state index is 0.0203. The van der Waals surface area contributed by atoms with Gasteiger partial charge in [0.25, 0.3) is 0 Å². The molecule has 1 saturated carbocycles. The first kappa shape index (κ1) is 19.3. The Morgan fingerprint density at radius 3 is 2.26 bits per heavy atom. The molecule has 1 amide bonds. The highest BCUT2D eigenvalue weighted by Crippen LogP contribution is 2.37. The van der Waals surface area contributed by atoms with E-state index >= 15 is 0 Å². The predicted octanol–water partition coefficient (Wildman–Crippen LogP) is 1.28. The van der Waals surface area contributed by atoms with Crippen molar-refractivity contribution < 1.29 is 9.90 Å². The molecular weight excluding hydrogens is 337 g/mol. The standard InChI is InChI=1S/C16H29Cl2N3O2/c1-16(2,20)15(23)21-5-3-9(4-6-21)14(19)10-7-11(17)12(18)8-13(10)22/h9-14,22H,3-8,19-20H2,1-2H3/t10?,11?,12?,13?,14-/m1/s1. The molecule has 0 aromatic heterocycles. The Labute approximate surface area is 148 Å². The van der Waals surface area contributed by atoms with Crippen LogP contribution in [0.4, 0.5) is 0 Å². The van der Waals surface area contributed by atoms with Gasteiger partial charge in [0.2, 0.25) is 5.91 Å². The number of hydrogen-bond donors (Lipinski definition) is 3. The summed E-state index contributed by atoms with van der Waals surface area (Å²) >= 11 is 12.4. The van der Waals surface area contributed by atoms with E-state index in [2.05, 4.69) is 0 Å². The summed E-state index contributed by atoms with van der Waals surface area (Å²) < 4.78 is 0. The van der Waals surface area contributed by atoms with E-state index < -0.39 is 11.6 Å². The Kier molecular flexibility index (Phi) is 6.23. The third-order valence-corrected chi connectivity index (χ3v) is 6.36. The number of nitrogens with two attached hydrogens (primary N) is 2. The molecule has 1 heterocycles. The maximum absolute atomic E-state index is 12.2. The second-order valence-corrected chi connectivity index (χ2v) is 8.78. The van der Waals surface area contributed by atoms with E-state index in [-0.39, 0.29) is 34.5 Å². The van der Waals surface area contributed by atoms with Crippen molar-refractivity contribution in [3.63, 3.8) is 0 Å². The van der Waals surface area contributed by atoms with Gasteiger partial charge in [-0.2, -0.15) is 0 Å². The van der Waals surface area contributed by atoms with E-state index in [9.17, 15) is 9.90 Å². The third-order valence-electron chi connectivity index (χ3n) is 5.27. The molecule has 5 atom stereocenters. The van der Waals surface area contributed by atoms with Crippen LogP contribution in [-0.4, -0.2) is 57.4 Å². The highest BCUT2D eigenvalue weighted by Gasteiger charge is 2.41. The van der Waals surface area contributed by atoms with E-state index in [4.69, 9.17) is 34.7 Å². The number of carbonyl (C=O) groups excluding carboxylic acids is 1. The fourth-order valence-corrected chi connectivity index (χ4v) is 4.37. The first-order valence-corrected chi connectivity index (χ1v) is 9.28. The lowest BCUT2D eigenvalue weighted by Crippen LogP contribution is -2.55. The maximum atomic E-state index is 12.2. The molecule has 2 aliphatic rings. The molecule has 0 spiro atoms. The molecule has 4 unspecified atom stereocenters. The van der Waals surface area contributed by atoms with Gasteiger partial charge in [-0.15, -0.1) is 23.2 Å². The first-order chi connectivity index (χ1) is 10.6. The van der Waals surface area contributed by atoms with Crippen LogP contribution in [-0.2, 0) is 4.79 Å². The molecule has 23 heavy (non-hydrogen) atoms. The third kappa shape index (κ3) is 4.51. The summed E-state index contributed by atoms with van der Waals surface area (Å²) in [5.41, 5.74) is 11.5. The van der Waals surface area contributed by atoms with Crippen LogP contribution in [0.25, 0.3) is 0 Å². The second kappa shape index (κ2) is 7.44. The average molecular weight is 366 g/mol. The van der Waals surface area contributed by atoms with Gasteiger partial charge in [0.1, 0.15) is 0 Å². The van der Waals surface area contributed by atoms with Crippen molar-refractivity contribution in [2.24, 2.45) is 23.3 Å². The van der Waals surface area contributed by atoms with Gasteiger partial charge in [-0.05, 0) is 45.4 Å². The predicted molar refractivity (Wildman–Crippen MR) is 93.6 cm³/mol. The van der Waals surface area contributed by atoms with E-state index in [1.54, 1.807) is 13.8 Å². The van der Waals surface area contributed by atoms with Gasteiger partial charge in [0, 0.05) is 25.0 Å². The summed E-state index contributed by atoms with van der Waals surface area (Å²) in [6, 6.07) is -0.112.